The van der Waals surface area contributed by atoms with E-state index in [1.165, 1.54) is 62.5 Å². The maximum Gasteiger partial charge on any atom is -0.0110 e. The normalized spacial score (nSPS) is 35.6. The van der Waals surface area contributed by atoms with E-state index in [1.54, 1.807) is 0 Å². The predicted molar refractivity (Wildman–Crippen MR) is 98.9 cm³/mol. The Bertz CT molecular complexity index is 353. The highest BCUT2D eigenvalue weighted by atomic mass is 14.4. The molecular weight excluding hydrogens is 264 g/mol. The van der Waals surface area contributed by atoms with Crippen molar-refractivity contribution in [3.05, 3.63) is 24.3 Å². The Morgan fingerprint density at radius 2 is 1.00 bits per heavy atom. The highest BCUT2D eigenvalue weighted by molar-refractivity contribution is 5.14. The van der Waals surface area contributed by atoms with E-state index < -0.39 is 0 Å². The van der Waals surface area contributed by atoms with E-state index in [-0.39, 0.29) is 0 Å². The third-order valence-corrected chi connectivity index (χ3v) is 6.80. The Balaban J connectivity index is 2.28. The van der Waals surface area contributed by atoms with Crippen molar-refractivity contribution in [2.45, 2.75) is 79.1 Å². The molecule has 0 aromatic carbocycles. The van der Waals surface area contributed by atoms with Crippen molar-refractivity contribution in [2.24, 2.45) is 35.5 Å². The summed E-state index contributed by atoms with van der Waals surface area (Å²) in [6.45, 7) is 18.4. The summed E-state index contributed by atoms with van der Waals surface area (Å²) in [5.41, 5.74) is 2.84. The lowest BCUT2D eigenvalue weighted by Gasteiger charge is -2.46. The second-order valence-electron chi connectivity index (χ2n) is 8.60. The van der Waals surface area contributed by atoms with Crippen LogP contribution in [0.4, 0.5) is 0 Å². The summed E-state index contributed by atoms with van der Waals surface area (Å²) in [6.07, 6.45) is 11.3. The number of hydrogen-bond acceptors (Lipinski definition) is 0. The summed E-state index contributed by atoms with van der Waals surface area (Å²) in [7, 11) is 0. The monoisotopic (exact) mass is 302 g/mol. The molecule has 0 aromatic heterocycles. The molecule has 0 saturated heterocycles. The lowest BCUT2D eigenvalue weighted by Crippen LogP contribution is -2.38. The molecule has 2 rings (SSSR count). The second-order valence-corrected chi connectivity index (χ2v) is 8.60. The van der Waals surface area contributed by atoms with Gasteiger partial charge in [-0.25, -0.2) is 0 Å². The fourth-order valence-corrected chi connectivity index (χ4v) is 5.63. The van der Waals surface area contributed by atoms with Crippen LogP contribution in [-0.4, -0.2) is 0 Å². The SMILES string of the molecule is C=C(C)C(C1CCCCC1C)C(C(=C)C)C1CCCCC1C. The molecule has 2 saturated carbocycles. The Labute approximate surface area is 139 Å². The van der Waals surface area contributed by atoms with E-state index in [0.29, 0.717) is 11.8 Å². The molecule has 2 aliphatic rings. The Kier molecular flexibility index (Phi) is 6.36. The van der Waals surface area contributed by atoms with Crippen molar-refractivity contribution in [3.8, 4) is 0 Å². The van der Waals surface area contributed by atoms with Gasteiger partial charge in [-0.2, -0.15) is 0 Å². The minimum Gasteiger partial charge on any atom is -0.0998 e. The first kappa shape index (κ1) is 17.8. The molecule has 0 radical (unpaired) electrons. The minimum absolute atomic E-state index is 0.665. The molecule has 0 aliphatic heterocycles. The fraction of sp³-hybridized carbons (Fsp3) is 0.818. The molecule has 0 heteroatoms. The smallest absolute Gasteiger partial charge is 0.0110 e. The van der Waals surface area contributed by atoms with Gasteiger partial charge in [-0.05, 0) is 62.2 Å². The van der Waals surface area contributed by atoms with Crippen molar-refractivity contribution in [1.29, 1.82) is 0 Å². The van der Waals surface area contributed by atoms with Crippen LogP contribution in [0, 0.1) is 35.5 Å². The summed E-state index contributed by atoms with van der Waals surface area (Å²) in [6, 6.07) is 0. The second kappa shape index (κ2) is 7.84. The van der Waals surface area contributed by atoms with Gasteiger partial charge in [0.2, 0.25) is 0 Å². The first-order valence-electron chi connectivity index (χ1n) is 9.74. The molecule has 0 spiro atoms. The topological polar surface area (TPSA) is 0 Å². The van der Waals surface area contributed by atoms with Crippen LogP contribution in [0.15, 0.2) is 24.3 Å². The van der Waals surface area contributed by atoms with Crippen molar-refractivity contribution in [1.82, 2.24) is 0 Å². The minimum atomic E-state index is 0.665. The fourth-order valence-electron chi connectivity index (χ4n) is 5.63. The maximum absolute atomic E-state index is 4.45. The molecule has 0 amide bonds. The number of hydrogen-bond donors (Lipinski definition) is 0. The molecule has 0 N–H and O–H groups in total. The lowest BCUT2D eigenvalue weighted by molar-refractivity contribution is 0.0938. The summed E-state index contributed by atoms with van der Waals surface area (Å²) < 4.78 is 0. The molecule has 2 fully saturated rings. The van der Waals surface area contributed by atoms with E-state index in [1.807, 2.05) is 0 Å². The third-order valence-electron chi connectivity index (χ3n) is 6.80. The molecule has 6 atom stereocenters. The molecule has 0 heterocycles. The Morgan fingerprint density at radius 1 is 0.682 bits per heavy atom. The van der Waals surface area contributed by atoms with E-state index in [4.69, 9.17) is 0 Å². The Hall–Kier alpha value is -0.520. The average molecular weight is 303 g/mol. The molecule has 126 valence electrons. The highest BCUT2D eigenvalue weighted by Crippen LogP contribution is 2.49. The van der Waals surface area contributed by atoms with Gasteiger partial charge in [0.25, 0.3) is 0 Å². The summed E-state index contributed by atoms with van der Waals surface area (Å²) in [4.78, 5) is 0. The van der Waals surface area contributed by atoms with Crippen molar-refractivity contribution >= 4 is 0 Å². The first-order valence-corrected chi connectivity index (χ1v) is 9.74. The molecular formula is C22H38. The number of allylic oxidation sites excluding steroid dienone is 2. The van der Waals surface area contributed by atoms with E-state index in [0.717, 1.165) is 23.7 Å². The van der Waals surface area contributed by atoms with Crippen LogP contribution in [0.25, 0.3) is 0 Å². The molecule has 0 aromatic rings. The highest BCUT2D eigenvalue weighted by Gasteiger charge is 2.40. The van der Waals surface area contributed by atoms with Gasteiger partial charge in [-0.15, -0.1) is 0 Å². The quantitative estimate of drug-likeness (QED) is 0.478. The van der Waals surface area contributed by atoms with Crippen LogP contribution in [-0.2, 0) is 0 Å². The van der Waals surface area contributed by atoms with Crippen molar-refractivity contribution < 1.29 is 0 Å². The summed E-state index contributed by atoms with van der Waals surface area (Å²) >= 11 is 0. The molecule has 6 unspecified atom stereocenters. The molecule has 2 aliphatic carbocycles. The van der Waals surface area contributed by atoms with Gasteiger partial charge in [0, 0.05) is 0 Å². The van der Waals surface area contributed by atoms with Crippen LogP contribution < -0.4 is 0 Å². The van der Waals surface area contributed by atoms with Gasteiger partial charge in [-0.1, -0.05) is 76.7 Å². The largest absolute Gasteiger partial charge is 0.0998 e. The maximum atomic E-state index is 4.45. The van der Waals surface area contributed by atoms with E-state index >= 15 is 0 Å². The van der Waals surface area contributed by atoms with E-state index in [2.05, 4.69) is 40.9 Å². The van der Waals surface area contributed by atoms with Crippen LogP contribution in [0.1, 0.15) is 79.1 Å². The summed E-state index contributed by atoms with van der Waals surface area (Å²) in [5.74, 6) is 4.72. The van der Waals surface area contributed by atoms with Gasteiger partial charge < -0.3 is 0 Å². The van der Waals surface area contributed by atoms with Crippen molar-refractivity contribution in [2.75, 3.05) is 0 Å². The molecule has 22 heavy (non-hydrogen) atoms. The van der Waals surface area contributed by atoms with Crippen molar-refractivity contribution in [3.63, 3.8) is 0 Å². The Morgan fingerprint density at radius 3 is 1.27 bits per heavy atom. The standard InChI is InChI=1S/C22H38/c1-15(2)21(19-13-9-7-11-17(19)5)22(16(3)4)20-14-10-8-12-18(20)6/h17-22H,1,3,7-14H2,2,4-6H3. The average Bonchev–Trinajstić information content (AvgIpc) is 2.46. The predicted octanol–water partition coefficient (Wildman–Crippen LogP) is 7.02. The zero-order valence-electron chi connectivity index (χ0n) is 15.5. The number of rotatable bonds is 5. The van der Waals surface area contributed by atoms with Gasteiger partial charge in [0.1, 0.15) is 0 Å². The van der Waals surface area contributed by atoms with Crippen LogP contribution in [0.3, 0.4) is 0 Å². The molecule has 0 bridgehead atoms. The van der Waals surface area contributed by atoms with E-state index in [9.17, 15) is 0 Å². The zero-order valence-corrected chi connectivity index (χ0v) is 15.5. The lowest BCUT2D eigenvalue weighted by atomic mass is 9.59. The van der Waals surface area contributed by atoms with Crippen LogP contribution in [0.5, 0.6) is 0 Å². The van der Waals surface area contributed by atoms with Gasteiger partial charge in [0.05, 0.1) is 0 Å². The van der Waals surface area contributed by atoms with Crippen LogP contribution in [0.2, 0.25) is 0 Å². The van der Waals surface area contributed by atoms with Gasteiger partial charge in [0.15, 0.2) is 0 Å². The van der Waals surface area contributed by atoms with Gasteiger partial charge >= 0.3 is 0 Å². The molecule has 0 nitrogen and oxygen atoms in total. The first-order chi connectivity index (χ1) is 10.4. The van der Waals surface area contributed by atoms with Gasteiger partial charge in [-0.3, -0.25) is 0 Å². The summed E-state index contributed by atoms with van der Waals surface area (Å²) in [5, 5.41) is 0. The zero-order chi connectivity index (χ0) is 16.3. The van der Waals surface area contributed by atoms with Crippen LogP contribution >= 0.6 is 0 Å². The third kappa shape index (κ3) is 3.87.